The summed E-state index contributed by atoms with van der Waals surface area (Å²) in [4.78, 5) is 0. The Morgan fingerprint density at radius 3 is 2.75 bits per heavy atom. The lowest BCUT2D eigenvalue weighted by Gasteiger charge is -2.35. The van der Waals surface area contributed by atoms with Crippen molar-refractivity contribution in [1.82, 2.24) is 14.3 Å². The Balaban J connectivity index is 1.90. The number of thioether (sulfide) groups is 1. The average Bonchev–Trinajstić information content (AvgIpc) is 2.97. The van der Waals surface area contributed by atoms with Gasteiger partial charge in [0.15, 0.2) is 0 Å². The maximum atomic E-state index is 12.5. The lowest BCUT2D eigenvalue weighted by molar-refractivity contribution is 0.244. The van der Waals surface area contributed by atoms with Gasteiger partial charge in [0.05, 0.1) is 0 Å². The molecule has 0 radical (unpaired) electrons. The van der Waals surface area contributed by atoms with Gasteiger partial charge in [-0.2, -0.15) is 24.5 Å². The number of nitrogens with one attached hydrogen (secondary N) is 2. The van der Waals surface area contributed by atoms with Crippen LogP contribution in [0.3, 0.4) is 0 Å². The fourth-order valence-electron chi connectivity index (χ4n) is 2.89. The van der Waals surface area contributed by atoms with E-state index in [4.69, 9.17) is 0 Å². The standard InChI is InChI=1S/C13H27N3O2S2/c1-2-14-10-12-6-3-4-8-16(12)20(17,18)15-11-13-7-5-9-19-13/h12-15H,2-11H2,1H3. The van der Waals surface area contributed by atoms with Gasteiger partial charge in [-0.3, -0.25) is 0 Å². The molecule has 2 saturated heterocycles. The maximum absolute atomic E-state index is 12.5. The molecule has 0 aromatic heterocycles. The number of hydrogen-bond donors (Lipinski definition) is 2. The summed E-state index contributed by atoms with van der Waals surface area (Å²) in [7, 11) is -3.32. The molecule has 0 aromatic rings. The third kappa shape index (κ3) is 4.59. The van der Waals surface area contributed by atoms with Gasteiger partial charge in [0.2, 0.25) is 0 Å². The molecule has 0 aromatic carbocycles. The SMILES string of the molecule is CCNCC1CCCCN1S(=O)(=O)NCC1CCCS1. The van der Waals surface area contributed by atoms with Crippen molar-refractivity contribution in [3.63, 3.8) is 0 Å². The van der Waals surface area contributed by atoms with Crippen LogP contribution in [0.1, 0.15) is 39.0 Å². The topological polar surface area (TPSA) is 61.4 Å². The van der Waals surface area contributed by atoms with Gasteiger partial charge in [-0.15, -0.1) is 0 Å². The molecular weight excluding hydrogens is 294 g/mol. The van der Waals surface area contributed by atoms with Crippen LogP contribution in [-0.2, 0) is 10.2 Å². The Labute approximate surface area is 127 Å². The molecule has 5 nitrogen and oxygen atoms in total. The largest absolute Gasteiger partial charge is 0.315 e. The molecule has 2 heterocycles. The first-order valence-corrected chi connectivity index (χ1v) is 10.2. The quantitative estimate of drug-likeness (QED) is 0.739. The smallest absolute Gasteiger partial charge is 0.279 e. The van der Waals surface area contributed by atoms with Crippen molar-refractivity contribution in [1.29, 1.82) is 0 Å². The summed E-state index contributed by atoms with van der Waals surface area (Å²) < 4.78 is 29.5. The van der Waals surface area contributed by atoms with E-state index in [9.17, 15) is 8.42 Å². The molecule has 0 bridgehead atoms. The first-order chi connectivity index (χ1) is 9.63. The van der Waals surface area contributed by atoms with Gasteiger partial charge < -0.3 is 5.32 Å². The molecule has 2 aliphatic rings. The predicted octanol–water partition coefficient (Wildman–Crippen LogP) is 1.18. The van der Waals surface area contributed by atoms with Crippen LogP contribution >= 0.6 is 11.8 Å². The number of rotatable bonds is 7. The lowest BCUT2D eigenvalue weighted by atomic mass is 10.1. The Morgan fingerprint density at radius 2 is 2.05 bits per heavy atom. The van der Waals surface area contributed by atoms with Crippen molar-refractivity contribution in [2.75, 3.05) is 31.9 Å². The fraction of sp³-hybridized carbons (Fsp3) is 1.00. The zero-order chi connectivity index (χ0) is 14.4. The molecule has 20 heavy (non-hydrogen) atoms. The van der Waals surface area contributed by atoms with Crippen LogP contribution in [0.15, 0.2) is 0 Å². The number of likely N-dealkylation sites (N-methyl/N-ethyl adjacent to an activating group) is 1. The van der Waals surface area contributed by atoms with E-state index in [0.29, 0.717) is 18.3 Å². The minimum absolute atomic E-state index is 0.109. The predicted molar refractivity (Wildman–Crippen MR) is 85.3 cm³/mol. The second-order valence-electron chi connectivity index (χ2n) is 5.56. The van der Waals surface area contributed by atoms with Gasteiger partial charge in [-0.05, 0) is 38.0 Å². The number of hydrogen-bond acceptors (Lipinski definition) is 4. The molecule has 2 unspecified atom stereocenters. The highest BCUT2D eigenvalue weighted by atomic mass is 32.2. The van der Waals surface area contributed by atoms with Crippen molar-refractivity contribution in [3.8, 4) is 0 Å². The van der Waals surface area contributed by atoms with Crippen LogP contribution in [0.5, 0.6) is 0 Å². The molecule has 0 amide bonds. The first kappa shape index (κ1) is 16.5. The van der Waals surface area contributed by atoms with Crippen LogP contribution < -0.4 is 10.0 Å². The maximum Gasteiger partial charge on any atom is 0.279 e. The van der Waals surface area contributed by atoms with Crippen molar-refractivity contribution < 1.29 is 8.42 Å². The Morgan fingerprint density at radius 1 is 1.20 bits per heavy atom. The van der Waals surface area contributed by atoms with E-state index in [1.165, 1.54) is 12.2 Å². The molecule has 2 atom stereocenters. The van der Waals surface area contributed by atoms with Crippen molar-refractivity contribution in [2.24, 2.45) is 0 Å². The van der Waals surface area contributed by atoms with Gasteiger partial charge in [-0.1, -0.05) is 13.3 Å². The molecule has 2 fully saturated rings. The number of piperidine rings is 1. The third-order valence-electron chi connectivity index (χ3n) is 4.03. The van der Waals surface area contributed by atoms with Crippen LogP contribution in [0.4, 0.5) is 0 Å². The van der Waals surface area contributed by atoms with Gasteiger partial charge in [0, 0.05) is 30.9 Å². The Kier molecular flexibility index (Phi) is 6.61. The second kappa shape index (κ2) is 7.98. The normalized spacial score (nSPS) is 28.9. The van der Waals surface area contributed by atoms with E-state index in [2.05, 4.69) is 17.0 Å². The summed E-state index contributed by atoms with van der Waals surface area (Å²) in [6, 6.07) is 0.109. The summed E-state index contributed by atoms with van der Waals surface area (Å²) in [5.41, 5.74) is 0. The third-order valence-corrected chi connectivity index (χ3v) is 7.06. The van der Waals surface area contributed by atoms with E-state index in [1.807, 2.05) is 11.8 Å². The molecule has 2 aliphatic heterocycles. The Bertz CT molecular complexity index is 383. The van der Waals surface area contributed by atoms with E-state index in [-0.39, 0.29) is 6.04 Å². The fourth-order valence-corrected chi connectivity index (χ4v) is 5.72. The average molecular weight is 322 g/mol. The first-order valence-electron chi connectivity index (χ1n) is 7.72. The minimum atomic E-state index is -3.32. The monoisotopic (exact) mass is 321 g/mol. The van der Waals surface area contributed by atoms with E-state index in [0.717, 1.165) is 38.8 Å². The molecule has 0 spiro atoms. The molecule has 118 valence electrons. The van der Waals surface area contributed by atoms with Crippen LogP contribution in [0.2, 0.25) is 0 Å². The molecule has 2 N–H and O–H groups in total. The highest BCUT2D eigenvalue weighted by Crippen LogP contribution is 2.26. The van der Waals surface area contributed by atoms with Crippen molar-refractivity contribution in [2.45, 2.75) is 50.3 Å². The summed E-state index contributed by atoms with van der Waals surface area (Å²) in [5, 5.41) is 3.74. The van der Waals surface area contributed by atoms with Gasteiger partial charge in [0.1, 0.15) is 0 Å². The van der Waals surface area contributed by atoms with Gasteiger partial charge >= 0.3 is 0 Å². The summed E-state index contributed by atoms with van der Waals surface area (Å²) >= 11 is 1.89. The zero-order valence-corrected chi connectivity index (χ0v) is 13.9. The molecule has 2 rings (SSSR count). The van der Waals surface area contributed by atoms with Crippen molar-refractivity contribution >= 4 is 22.0 Å². The summed E-state index contributed by atoms with van der Waals surface area (Å²) in [6.45, 7) is 4.93. The number of nitrogens with zero attached hydrogens (tertiary/aromatic N) is 1. The van der Waals surface area contributed by atoms with E-state index < -0.39 is 10.2 Å². The van der Waals surface area contributed by atoms with Crippen LogP contribution in [-0.4, -0.2) is 55.9 Å². The highest BCUT2D eigenvalue weighted by Gasteiger charge is 2.32. The Hall–Kier alpha value is 0.180. The van der Waals surface area contributed by atoms with E-state index in [1.54, 1.807) is 4.31 Å². The second-order valence-corrected chi connectivity index (χ2v) is 8.67. The zero-order valence-electron chi connectivity index (χ0n) is 12.3. The minimum Gasteiger partial charge on any atom is -0.315 e. The molecule has 7 heteroatoms. The van der Waals surface area contributed by atoms with Crippen LogP contribution in [0.25, 0.3) is 0 Å². The summed E-state index contributed by atoms with van der Waals surface area (Å²) in [5.74, 6) is 1.17. The van der Waals surface area contributed by atoms with Gasteiger partial charge in [0.25, 0.3) is 10.2 Å². The molecular formula is C13H27N3O2S2. The summed E-state index contributed by atoms with van der Waals surface area (Å²) in [6.07, 6.45) is 5.41. The van der Waals surface area contributed by atoms with Crippen LogP contribution in [0, 0.1) is 0 Å². The van der Waals surface area contributed by atoms with Crippen molar-refractivity contribution in [3.05, 3.63) is 0 Å². The van der Waals surface area contributed by atoms with E-state index >= 15 is 0 Å². The lowest BCUT2D eigenvalue weighted by Crippen LogP contribution is -2.53. The van der Waals surface area contributed by atoms with Gasteiger partial charge in [-0.25, -0.2) is 4.72 Å². The molecule has 0 saturated carbocycles. The highest BCUT2D eigenvalue weighted by molar-refractivity contribution is 8.00. The molecule has 0 aliphatic carbocycles.